The maximum Gasteiger partial charge on any atom is 0.313 e. The summed E-state index contributed by atoms with van der Waals surface area (Å²) in [6.07, 6.45) is 9.93. The van der Waals surface area contributed by atoms with Gasteiger partial charge in [-0.1, -0.05) is 58.0 Å². The van der Waals surface area contributed by atoms with E-state index in [1.54, 1.807) is 6.92 Å². The first-order valence-corrected chi connectivity index (χ1v) is 14.7. The number of hydrogen-bond donors (Lipinski definition) is 0. The van der Waals surface area contributed by atoms with E-state index in [0.717, 1.165) is 55.2 Å². The van der Waals surface area contributed by atoms with Crippen molar-refractivity contribution in [1.29, 1.82) is 0 Å². The molecule has 4 nitrogen and oxygen atoms in total. The van der Waals surface area contributed by atoms with E-state index in [9.17, 15) is 14.4 Å². The summed E-state index contributed by atoms with van der Waals surface area (Å²) >= 11 is 0. The lowest BCUT2D eigenvalue weighted by molar-refractivity contribution is -0.150. The molecule has 5 rings (SSSR count). The average molecular weight is 517 g/mol. The Hall–Kier alpha value is -2.49. The molecule has 4 aliphatic rings. The van der Waals surface area contributed by atoms with Crippen LogP contribution in [-0.4, -0.2) is 23.6 Å². The minimum atomic E-state index is -0.347. The molecule has 1 aromatic rings. The third-order valence-corrected chi connectivity index (χ3v) is 10.6. The lowest BCUT2D eigenvalue weighted by Crippen LogP contribution is -2.53. The molecule has 4 heteroatoms. The van der Waals surface area contributed by atoms with Crippen molar-refractivity contribution in [3.05, 3.63) is 58.7 Å². The van der Waals surface area contributed by atoms with Crippen molar-refractivity contribution in [2.24, 2.45) is 34.5 Å². The second kappa shape index (κ2) is 9.92. The molecule has 0 amide bonds. The highest BCUT2D eigenvalue weighted by Gasteiger charge is 2.59. The smallest absolute Gasteiger partial charge is 0.313 e. The molecular weight excluding hydrogens is 472 g/mol. The summed E-state index contributed by atoms with van der Waals surface area (Å²) in [5.41, 5.74) is 3.84. The summed E-state index contributed by atoms with van der Waals surface area (Å²) in [5, 5.41) is 0. The average Bonchev–Trinajstić information content (AvgIpc) is 3.22. The second-order valence-electron chi connectivity index (χ2n) is 13.4. The van der Waals surface area contributed by atoms with Crippen LogP contribution in [0.25, 0.3) is 0 Å². The lowest BCUT2D eigenvalue weighted by atomic mass is 9.46. The lowest BCUT2D eigenvalue weighted by Gasteiger charge is -2.57. The SMILES string of the molecule is CC(=O)C1=CC[C@H]2[C@@H]3CC(=O)C4=C[C@@H](OC(=O)[C@H](C)c5ccc(CC(C)C)cc5)CC[C@]4(C)[C@H]3CC[C@]12C. The zero-order valence-electron chi connectivity index (χ0n) is 24.0. The molecule has 0 bridgehead atoms. The van der Waals surface area contributed by atoms with Crippen LogP contribution in [0.15, 0.2) is 47.6 Å². The fourth-order valence-electron chi connectivity index (χ4n) is 8.53. The number of allylic oxidation sites excluding steroid dienone is 3. The van der Waals surface area contributed by atoms with Gasteiger partial charge in [0.2, 0.25) is 0 Å². The van der Waals surface area contributed by atoms with E-state index in [-0.39, 0.29) is 40.4 Å². The second-order valence-corrected chi connectivity index (χ2v) is 13.4. The molecule has 2 fully saturated rings. The molecule has 38 heavy (non-hydrogen) atoms. The van der Waals surface area contributed by atoms with Crippen LogP contribution in [0.5, 0.6) is 0 Å². The third kappa shape index (κ3) is 4.52. The molecule has 0 spiro atoms. The minimum absolute atomic E-state index is 0.0965. The van der Waals surface area contributed by atoms with Gasteiger partial charge in [-0.3, -0.25) is 14.4 Å². The quantitative estimate of drug-likeness (QED) is 0.376. The highest BCUT2D eigenvalue weighted by atomic mass is 16.5. The summed E-state index contributed by atoms with van der Waals surface area (Å²) in [7, 11) is 0. The summed E-state index contributed by atoms with van der Waals surface area (Å²) < 4.78 is 5.99. The van der Waals surface area contributed by atoms with Crippen molar-refractivity contribution in [3.63, 3.8) is 0 Å². The molecule has 0 aliphatic heterocycles. The van der Waals surface area contributed by atoms with Gasteiger partial charge in [-0.2, -0.15) is 0 Å². The Labute approximate surface area is 228 Å². The number of esters is 1. The Kier molecular flexibility index (Phi) is 7.07. The molecular formula is C34H44O4. The highest BCUT2D eigenvalue weighted by Crippen LogP contribution is 2.65. The van der Waals surface area contributed by atoms with Crippen LogP contribution < -0.4 is 0 Å². The van der Waals surface area contributed by atoms with Crippen LogP contribution in [0.1, 0.15) is 97.1 Å². The van der Waals surface area contributed by atoms with Crippen LogP contribution in [0.2, 0.25) is 0 Å². The van der Waals surface area contributed by atoms with E-state index in [1.807, 2.05) is 25.1 Å². The van der Waals surface area contributed by atoms with Gasteiger partial charge in [0.25, 0.3) is 0 Å². The van der Waals surface area contributed by atoms with Gasteiger partial charge in [0.05, 0.1) is 5.92 Å². The van der Waals surface area contributed by atoms with Gasteiger partial charge < -0.3 is 4.74 Å². The van der Waals surface area contributed by atoms with Crippen LogP contribution >= 0.6 is 0 Å². The maximum atomic E-state index is 13.6. The van der Waals surface area contributed by atoms with Gasteiger partial charge >= 0.3 is 5.97 Å². The Morgan fingerprint density at radius 3 is 2.34 bits per heavy atom. The summed E-state index contributed by atoms with van der Waals surface area (Å²) in [4.78, 5) is 39.1. The predicted molar refractivity (Wildman–Crippen MR) is 150 cm³/mol. The van der Waals surface area contributed by atoms with Gasteiger partial charge in [0.1, 0.15) is 6.10 Å². The van der Waals surface area contributed by atoms with Gasteiger partial charge in [-0.25, -0.2) is 0 Å². The summed E-state index contributed by atoms with van der Waals surface area (Å²) in [6, 6.07) is 8.30. The normalized spacial score (nSPS) is 35.0. The summed E-state index contributed by atoms with van der Waals surface area (Å²) in [5.74, 6) is 1.54. The van der Waals surface area contributed by atoms with Crippen LogP contribution in [0.4, 0.5) is 0 Å². The van der Waals surface area contributed by atoms with E-state index in [2.05, 4.69) is 45.9 Å². The largest absolute Gasteiger partial charge is 0.458 e. The number of rotatable bonds is 6. The zero-order valence-corrected chi connectivity index (χ0v) is 24.0. The molecule has 204 valence electrons. The number of carbonyl (C=O) groups is 3. The van der Waals surface area contributed by atoms with Gasteiger partial charge in [-0.15, -0.1) is 0 Å². The molecule has 2 saturated carbocycles. The number of Topliss-reactive ketones (excluding diaryl/α,β-unsaturated/α-hetero) is 2. The Balaban J connectivity index is 1.29. The number of carbonyl (C=O) groups excluding carboxylic acids is 3. The molecule has 0 aromatic heterocycles. The monoisotopic (exact) mass is 516 g/mol. The van der Waals surface area contributed by atoms with Crippen LogP contribution in [0, 0.1) is 34.5 Å². The number of ether oxygens (including phenoxy) is 1. The molecule has 4 aliphatic carbocycles. The Morgan fingerprint density at radius 2 is 1.68 bits per heavy atom. The van der Waals surface area contributed by atoms with Gasteiger partial charge in [0.15, 0.2) is 11.6 Å². The standard InChI is InChI=1S/C34H44O4/c1-20(2)17-23-7-9-24(10-8-23)21(3)32(37)38-25-13-15-34(6)29-14-16-33(5)27(22(4)35)11-12-28(33)26(29)19-31(36)30(34)18-25/h7-11,18,20-21,25-26,28-29H,12-17,19H2,1-6H3/t21-,25+,26+,28+,29+,33-,34-/m1/s1. The fraction of sp³-hybridized carbons (Fsp3) is 0.618. The highest BCUT2D eigenvalue weighted by molar-refractivity contribution is 5.98. The van der Waals surface area contributed by atoms with Crippen LogP contribution in [0.3, 0.4) is 0 Å². The predicted octanol–water partition coefficient (Wildman–Crippen LogP) is 7.17. The molecule has 0 N–H and O–H groups in total. The van der Waals surface area contributed by atoms with Crippen molar-refractivity contribution >= 4 is 17.5 Å². The molecule has 0 radical (unpaired) electrons. The van der Waals surface area contributed by atoms with E-state index in [4.69, 9.17) is 4.74 Å². The first-order valence-electron chi connectivity index (χ1n) is 14.7. The first-order chi connectivity index (χ1) is 17.9. The van der Waals surface area contributed by atoms with E-state index >= 15 is 0 Å². The Morgan fingerprint density at radius 1 is 1.00 bits per heavy atom. The first kappa shape index (κ1) is 27.1. The van der Waals surface area contributed by atoms with Gasteiger partial charge in [0, 0.05) is 12.0 Å². The minimum Gasteiger partial charge on any atom is -0.458 e. The molecule has 7 atom stereocenters. The molecule has 1 aromatic carbocycles. The van der Waals surface area contributed by atoms with E-state index in [0.29, 0.717) is 30.1 Å². The van der Waals surface area contributed by atoms with Crippen molar-refractivity contribution in [2.45, 2.75) is 98.5 Å². The van der Waals surface area contributed by atoms with Crippen molar-refractivity contribution in [1.82, 2.24) is 0 Å². The van der Waals surface area contributed by atoms with Crippen molar-refractivity contribution in [2.75, 3.05) is 0 Å². The molecule has 0 unspecified atom stereocenters. The Bertz CT molecular complexity index is 1190. The fourth-order valence-corrected chi connectivity index (χ4v) is 8.53. The van der Waals surface area contributed by atoms with Crippen molar-refractivity contribution in [3.8, 4) is 0 Å². The summed E-state index contributed by atoms with van der Waals surface area (Å²) in [6.45, 7) is 12.5. The van der Waals surface area contributed by atoms with E-state index in [1.165, 1.54) is 5.56 Å². The number of ketones is 2. The number of hydrogen-bond acceptors (Lipinski definition) is 4. The molecule has 0 heterocycles. The number of fused-ring (bicyclic) bond motifs is 5. The van der Waals surface area contributed by atoms with Crippen LogP contribution in [-0.2, 0) is 25.5 Å². The zero-order chi connectivity index (χ0) is 27.4. The topological polar surface area (TPSA) is 60.4 Å². The third-order valence-electron chi connectivity index (χ3n) is 10.6. The molecule has 0 saturated heterocycles. The number of benzene rings is 1. The van der Waals surface area contributed by atoms with Gasteiger partial charge in [-0.05, 0) is 110 Å². The van der Waals surface area contributed by atoms with E-state index < -0.39 is 0 Å². The van der Waals surface area contributed by atoms with Crippen molar-refractivity contribution < 1.29 is 19.1 Å². The maximum absolute atomic E-state index is 13.6.